The van der Waals surface area contributed by atoms with Crippen molar-refractivity contribution in [2.24, 2.45) is 0 Å². The second-order valence-electron chi connectivity index (χ2n) is 7.17. The fraction of sp³-hybridized carbons (Fsp3) is 0.333. The average Bonchev–Trinajstić information content (AvgIpc) is 2.79. The van der Waals surface area contributed by atoms with Crippen molar-refractivity contribution < 1.29 is 9.53 Å². The van der Waals surface area contributed by atoms with Crippen molar-refractivity contribution in [2.45, 2.75) is 0 Å². The van der Waals surface area contributed by atoms with Gasteiger partial charge in [0, 0.05) is 49.8 Å². The van der Waals surface area contributed by atoms with Gasteiger partial charge >= 0.3 is 0 Å². The molecule has 0 aliphatic carbocycles. The molecular formula is C21H22N6O2. The highest BCUT2D eigenvalue weighted by Crippen LogP contribution is 2.29. The Kier molecular flexibility index (Phi) is 4.69. The number of hydrogen-bond donors (Lipinski definition) is 1. The summed E-state index contributed by atoms with van der Waals surface area (Å²) >= 11 is 0. The van der Waals surface area contributed by atoms with Crippen molar-refractivity contribution in [2.75, 3.05) is 55.7 Å². The molecule has 2 aromatic heterocycles. The smallest absolute Gasteiger partial charge is 0.239 e. The third-order valence-electron chi connectivity index (χ3n) is 5.32. The molecule has 2 fully saturated rings. The first kappa shape index (κ1) is 17.8. The molecule has 5 rings (SSSR count). The van der Waals surface area contributed by atoms with Crippen molar-refractivity contribution in [3.63, 3.8) is 0 Å². The molecule has 4 heterocycles. The minimum Gasteiger partial charge on any atom is -0.378 e. The Bertz CT molecular complexity index is 1030. The van der Waals surface area contributed by atoms with Crippen LogP contribution in [0.15, 0.2) is 42.7 Å². The number of nitrogens with zero attached hydrogens (tertiary/aromatic N) is 5. The van der Waals surface area contributed by atoms with Crippen LogP contribution in [0.4, 0.5) is 11.5 Å². The number of benzene rings is 1. The van der Waals surface area contributed by atoms with Gasteiger partial charge in [-0.25, -0.2) is 9.97 Å². The summed E-state index contributed by atoms with van der Waals surface area (Å²) in [6.45, 7) is 4.91. The first-order chi connectivity index (χ1) is 14.3. The van der Waals surface area contributed by atoms with Crippen LogP contribution < -0.4 is 15.1 Å². The summed E-state index contributed by atoms with van der Waals surface area (Å²) < 4.78 is 5.44. The maximum Gasteiger partial charge on any atom is 0.239 e. The van der Waals surface area contributed by atoms with Crippen molar-refractivity contribution in [1.29, 1.82) is 0 Å². The maximum absolute atomic E-state index is 11.9. The fourth-order valence-electron chi connectivity index (χ4n) is 3.81. The SMILES string of the molecule is O=C1CN(c2nc(-c3ccc(N4CCOCC4)cc3)cc3nccnc23)CCN1. The molecule has 0 atom stereocenters. The van der Waals surface area contributed by atoms with Crippen LogP contribution in [0.1, 0.15) is 0 Å². The number of aromatic nitrogens is 3. The largest absolute Gasteiger partial charge is 0.378 e. The molecule has 0 radical (unpaired) electrons. The third kappa shape index (κ3) is 3.58. The summed E-state index contributed by atoms with van der Waals surface area (Å²) in [7, 11) is 0. The van der Waals surface area contributed by atoms with Gasteiger partial charge in [0.1, 0.15) is 5.52 Å². The van der Waals surface area contributed by atoms with E-state index in [0.29, 0.717) is 18.9 Å². The zero-order valence-electron chi connectivity index (χ0n) is 16.0. The maximum atomic E-state index is 11.9. The number of carbonyl (C=O) groups is 1. The number of anilines is 2. The van der Waals surface area contributed by atoms with Crippen LogP contribution >= 0.6 is 0 Å². The second kappa shape index (κ2) is 7.63. The lowest BCUT2D eigenvalue weighted by Crippen LogP contribution is -2.48. The van der Waals surface area contributed by atoms with Crippen molar-refractivity contribution in [3.05, 3.63) is 42.7 Å². The van der Waals surface area contributed by atoms with Gasteiger partial charge in [0.25, 0.3) is 0 Å². The van der Waals surface area contributed by atoms with Crippen LogP contribution in [0, 0.1) is 0 Å². The minimum absolute atomic E-state index is 0.00430. The van der Waals surface area contributed by atoms with Gasteiger partial charge in [0.2, 0.25) is 5.91 Å². The lowest BCUT2D eigenvalue weighted by Gasteiger charge is -2.29. The summed E-state index contributed by atoms with van der Waals surface area (Å²) in [5.74, 6) is 0.702. The number of pyridine rings is 1. The Balaban J connectivity index is 1.52. The molecule has 8 heteroatoms. The van der Waals surface area contributed by atoms with E-state index in [0.717, 1.165) is 48.6 Å². The van der Waals surface area contributed by atoms with E-state index in [-0.39, 0.29) is 12.5 Å². The molecule has 1 amide bonds. The van der Waals surface area contributed by atoms with Gasteiger partial charge in [-0.05, 0) is 18.2 Å². The predicted molar refractivity (Wildman–Crippen MR) is 111 cm³/mol. The molecule has 3 aromatic rings. The number of hydrogen-bond acceptors (Lipinski definition) is 7. The Morgan fingerprint density at radius 2 is 1.76 bits per heavy atom. The van der Waals surface area contributed by atoms with Gasteiger partial charge in [-0.1, -0.05) is 12.1 Å². The topological polar surface area (TPSA) is 83.5 Å². The van der Waals surface area contributed by atoms with Gasteiger partial charge in [0.05, 0.1) is 31.0 Å². The molecule has 0 saturated carbocycles. The molecule has 1 N–H and O–H groups in total. The van der Waals surface area contributed by atoms with Crippen LogP contribution in [0.25, 0.3) is 22.3 Å². The van der Waals surface area contributed by atoms with Gasteiger partial charge < -0.3 is 19.9 Å². The average molecular weight is 390 g/mol. The Hall–Kier alpha value is -3.26. The van der Waals surface area contributed by atoms with Crippen LogP contribution in [-0.2, 0) is 9.53 Å². The number of piperazine rings is 1. The van der Waals surface area contributed by atoms with Crippen LogP contribution in [-0.4, -0.2) is 66.8 Å². The summed E-state index contributed by atoms with van der Waals surface area (Å²) in [5, 5.41) is 2.86. The van der Waals surface area contributed by atoms with Crippen molar-refractivity contribution >= 4 is 28.4 Å². The van der Waals surface area contributed by atoms with Crippen LogP contribution in [0.3, 0.4) is 0 Å². The number of amides is 1. The van der Waals surface area contributed by atoms with Crippen LogP contribution in [0.2, 0.25) is 0 Å². The van der Waals surface area contributed by atoms with E-state index in [2.05, 4.69) is 44.5 Å². The molecule has 0 spiro atoms. The molecule has 1 aromatic carbocycles. The number of nitrogens with one attached hydrogen (secondary N) is 1. The molecule has 2 aliphatic rings. The van der Waals surface area contributed by atoms with E-state index < -0.39 is 0 Å². The van der Waals surface area contributed by atoms with Gasteiger partial charge in [-0.2, -0.15) is 0 Å². The Morgan fingerprint density at radius 3 is 2.55 bits per heavy atom. The fourth-order valence-corrected chi connectivity index (χ4v) is 3.81. The number of ether oxygens (including phenoxy) is 1. The monoisotopic (exact) mass is 390 g/mol. The normalized spacial score (nSPS) is 17.4. The van der Waals surface area contributed by atoms with Gasteiger partial charge in [-0.15, -0.1) is 0 Å². The van der Waals surface area contributed by atoms with Crippen molar-refractivity contribution in [1.82, 2.24) is 20.3 Å². The highest BCUT2D eigenvalue weighted by molar-refractivity contribution is 5.92. The first-order valence-corrected chi connectivity index (χ1v) is 9.84. The highest BCUT2D eigenvalue weighted by atomic mass is 16.5. The molecule has 29 heavy (non-hydrogen) atoms. The zero-order chi connectivity index (χ0) is 19.6. The predicted octanol–water partition coefficient (Wildman–Crippen LogP) is 1.46. The number of fused-ring (bicyclic) bond motifs is 1. The summed E-state index contributed by atoms with van der Waals surface area (Å²) in [6, 6.07) is 10.4. The Morgan fingerprint density at radius 1 is 0.966 bits per heavy atom. The Labute approximate surface area is 168 Å². The molecule has 0 bridgehead atoms. The van der Waals surface area contributed by atoms with E-state index in [1.165, 1.54) is 5.69 Å². The summed E-state index contributed by atoms with van der Waals surface area (Å²) in [5.41, 5.74) is 4.52. The van der Waals surface area contributed by atoms with E-state index >= 15 is 0 Å². The minimum atomic E-state index is -0.00430. The molecular weight excluding hydrogens is 368 g/mol. The highest BCUT2D eigenvalue weighted by Gasteiger charge is 2.21. The molecule has 8 nitrogen and oxygen atoms in total. The first-order valence-electron chi connectivity index (χ1n) is 9.84. The van der Waals surface area contributed by atoms with E-state index in [9.17, 15) is 4.79 Å². The zero-order valence-corrected chi connectivity index (χ0v) is 16.0. The van der Waals surface area contributed by atoms with Crippen LogP contribution in [0.5, 0.6) is 0 Å². The number of rotatable bonds is 3. The molecule has 2 saturated heterocycles. The van der Waals surface area contributed by atoms with Gasteiger partial charge in [0.15, 0.2) is 5.82 Å². The second-order valence-corrected chi connectivity index (χ2v) is 7.17. The number of carbonyl (C=O) groups excluding carboxylic acids is 1. The van der Waals surface area contributed by atoms with E-state index in [1.807, 2.05) is 11.0 Å². The molecule has 2 aliphatic heterocycles. The summed E-state index contributed by atoms with van der Waals surface area (Å²) in [4.78, 5) is 30.0. The molecule has 148 valence electrons. The van der Waals surface area contributed by atoms with Gasteiger partial charge in [-0.3, -0.25) is 9.78 Å². The van der Waals surface area contributed by atoms with E-state index in [4.69, 9.17) is 9.72 Å². The lowest BCUT2D eigenvalue weighted by atomic mass is 10.1. The van der Waals surface area contributed by atoms with E-state index in [1.54, 1.807) is 12.4 Å². The molecule has 0 unspecified atom stereocenters. The lowest BCUT2D eigenvalue weighted by molar-refractivity contribution is -0.120. The third-order valence-corrected chi connectivity index (χ3v) is 5.32. The standard InChI is InChI=1S/C21H22N6O2/c28-19-14-27(8-7-23-19)21-20-18(22-5-6-24-20)13-17(25-21)15-1-3-16(4-2-15)26-9-11-29-12-10-26/h1-6,13H,7-12,14H2,(H,23,28). The van der Waals surface area contributed by atoms with Crippen molar-refractivity contribution in [3.8, 4) is 11.3 Å². The number of morpholine rings is 1. The summed E-state index contributed by atoms with van der Waals surface area (Å²) in [6.07, 6.45) is 3.34. The quantitative estimate of drug-likeness (QED) is 0.725.